The third-order valence-corrected chi connectivity index (χ3v) is 6.98. The Labute approximate surface area is 214 Å². The van der Waals surface area contributed by atoms with E-state index in [0.29, 0.717) is 6.42 Å². The van der Waals surface area contributed by atoms with Crippen LogP contribution in [0.2, 0.25) is 10.0 Å². The number of aromatic nitrogens is 3. The Kier molecular flexibility index (Phi) is 7.45. The number of benzene rings is 3. The van der Waals surface area contributed by atoms with E-state index < -0.39 is 27.0 Å². The van der Waals surface area contributed by atoms with Crippen molar-refractivity contribution < 1.29 is 18.3 Å². The second-order valence-corrected chi connectivity index (χ2v) is 10.0. The summed E-state index contributed by atoms with van der Waals surface area (Å²) in [6.45, 7) is 0.119. The summed E-state index contributed by atoms with van der Waals surface area (Å²) in [7, 11) is -4.07. The van der Waals surface area contributed by atoms with Crippen molar-refractivity contribution in [3.8, 4) is 22.9 Å². The molecular formula is C23H18Cl2N4O6S. The van der Waals surface area contributed by atoms with Crippen molar-refractivity contribution >= 4 is 33.2 Å². The zero-order chi connectivity index (χ0) is 25.9. The van der Waals surface area contributed by atoms with Gasteiger partial charge in [0.05, 0.1) is 15.7 Å². The molecule has 0 unspecified atom stereocenters. The van der Waals surface area contributed by atoms with Crippen LogP contribution in [0, 0.1) is 0 Å². The molecule has 4 rings (SSSR count). The van der Waals surface area contributed by atoms with Crippen LogP contribution in [0.25, 0.3) is 5.69 Å². The molecule has 0 aliphatic carbocycles. The third kappa shape index (κ3) is 5.77. The monoisotopic (exact) mass is 548 g/mol. The van der Waals surface area contributed by atoms with Gasteiger partial charge in [0.25, 0.3) is 5.56 Å². The quantitative estimate of drug-likeness (QED) is 0.306. The number of ether oxygens (including phenoxy) is 1. The summed E-state index contributed by atoms with van der Waals surface area (Å²) in [6.07, 6.45) is 1.38. The van der Waals surface area contributed by atoms with Crippen LogP contribution >= 0.6 is 23.2 Å². The van der Waals surface area contributed by atoms with Gasteiger partial charge >= 0.3 is 5.69 Å². The first kappa shape index (κ1) is 25.5. The average molecular weight is 549 g/mol. The van der Waals surface area contributed by atoms with Gasteiger partial charge in [0.1, 0.15) is 22.6 Å². The molecule has 0 aliphatic heterocycles. The second kappa shape index (κ2) is 10.5. The molecule has 0 atom stereocenters. The lowest BCUT2D eigenvalue weighted by Gasteiger charge is -2.14. The number of aromatic hydroxyl groups is 1. The van der Waals surface area contributed by atoms with E-state index in [2.05, 4.69) is 14.8 Å². The van der Waals surface area contributed by atoms with Crippen molar-refractivity contribution in [2.24, 2.45) is 0 Å². The predicted molar refractivity (Wildman–Crippen MR) is 134 cm³/mol. The lowest BCUT2D eigenvalue weighted by atomic mass is 10.2. The van der Waals surface area contributed by atoms with Gasteiger partial charge in [0, 0.05) is 12.6 Å². The Balaban J connectivity index is 1.57. The first-order valence-corrected chi connectivity index (χ1v) is 12.6. The van der Waals surface area contributed by atoms with Gasteiger partial charge in [-0.3, -0.25) is 9.78 Å². The molecule has 0 bridgehead atoms. The average Bonchev–Trinajstić information content (AvgIpc) is 2.83. The number of H-pyrrole nitrogens is 1. The van der Waals surface area contributed by atoms with Crippen molar-refractivity contribution in [1.29, 1.82) is 0 Å². The fraction of sp³-hybridized carbons (Fsp3) is 0.0870. The Morgan fingerprint density at radius 1 is 1.03 bits per heavy atom. The number of nitrogens with zero attached hydrogens (tertiary/aromatic N) is 2. The molecule has 0 amide bonds. The van der Waals surface area contributed by atoms with E-state index in [9.17, 15) is 23.1 Å². The Morgan fingerprint density at radius 2 is 1.72 bits per heavy atom. The number of phenols is 1. The minimum absolute atomic E-state index is 0.0177. The van der Waals surface area contributed by atoms with Gasteiger partial charge in [-0.2, -0.15) is 9.78 Å². The lowest BCUT2D eigenvalue weighted by Crippen LogP contribution is -2.30. The highest BCUT2D eigenvalue weighted by molar-refractivity contribution is 7.89. The second-order valence-electron chi connectivity index (χ2n) is 7.45. The van der Waals surface area contributed by atoms with Crippen LogP contribution in [-0.2, 0) is 16.4 Å². The summed E-state index contributed by atoms with van der Waals surface area (Å²) in [6, 6.07) is 15.6. The van der Waals surface area contributed by atoms with Crippen LogP contribution in [0.5, 0.6) is 17.2 Å². The van der Waals surface area contributed by atoms with Gasteiger partial charge in [0.15, 0.2) is 5.75 Å². The first-order chi connectivity index (χ1) is 17.1. The topological polar surface area (TPSA) is 143 Å². The SMILES string of the molecule is O=c1cnn(-c2cc(Cl)c(Oc3ccc(O)c(S(=O)(=O)NCCc4ccccc4)c3)c(Cl)c2)c(=O)[nH]1. The minimum atomic E-state index is -4.07. The number of nitrogens with one attached hydrogen (secondary N) is 2. The van der Waals surface area contributed by atoms with E-state index >= 15 is 0 Å². The zero-order valence-corrected chi connectivity index (χ0v) is 20.6. The maximum atomic E-state index is 12.8. The molecule has 1 heterocycles. The van der Waals surface area contributed by atoms with Crippen LogP contribution < -0.4 is 20.7 Å². The van der Waals surface area contributed by atoms with Crippen molar-refractivity contribution in [2.75, 3.05) is 6.54 Å². The van der Waals surface area contributed by atoms with E-state index in [-0.39, 0.29) is 38.7 Å². The number of rotatable bonds is 8. The van der Waals surface area contributed by atoms with Crippen molar-refractivity contribution in [1.82, 2.24) is 19.5 Å². The molecule has 0 saturated carbocycles. The fourth-order valence-corrected chi connectivity index (χ4v) is 4.94. The number of hydrogen-bond acceptors (Lipinski definition) is 7. The summed E-state index contributed by atoms with van der Waals surface area (Å²) in [5.74, 6) is -0.455. The maximum absolute atomic E-state index is 12.8. The van der Waals surface area contributed by atoms with E-state index in [1.54, 1.807) is 0 Å². The standard InChI is InChI=1S/C23H18Cl2N4O6S/c24-17-10-15(29-23(32)28-21(31)13-26-29)11-18(25)22(17)35-16-6-7-19(30)20(12-16)36(33,34)27-9-8-14-4-2-1-3-5-14/h1-7,10-13,27,30H,8-9H2,(H,28,31,32). The van der Waals surface area contributed by atoms with Gasteiger partial charge in [-0.15, -0.1) is 0 Å². The molecule has 3 aromatic carbocycles. The van der Waals surface area contributed by atoms with Crippen LogP contribution in [0.3, 0.4) is 0 Å². The van der Waals surface area contributed by atoms with Gasteiger partial charge in [0.2, 0.25) is 10.0 Å². The minimum Gasteiger partial charge on any atom is -0.507 e. The number of phenolic OH excluding ortho intramolecular Hbond substituents is 1. The number of aromatic amines is 1. The van der Waals surface area contributed by atoms with E-state index in [1.807, 2.05) is 30.3 Å². The Morgan fingerprint density at radius 3 is 2.39 bits per heavy atom. The van der Waals surface area contributed by atoms with E-state index in [1.165, 1.54) is 24.3 Å². The van der Waals surface area contributed by atoms with Gasteiger partial charge in [-0.25, -0.2) is 17.9 Å². The van der Waals surface area contributed by atoms with E-state index in [0.717, 1.165) is 22.5 Å². The molecule has 10 nitrogen and oxygen atoms in total. The molecule has 36 heavy (non-hydrogen) atoms. The van der Waals surface area contributed by atoms with Crippen LogP contribution in [-0.4, -0.2) is 34.8 Å². The van der Waals surface area contributed by atoms with Gasteiger partial charge in [-0.05, 0) is 36.2 Å². The van der Waals surface area contributed by atoms with Crippen LogP contribution in [0.15, 0.2) is 81.3 Å². The molecule has 186 valence electrons. The van der Waals surface area contributed by atoms with Crippen LogP contribution in [0.4, 0.5) is 0 Å². The summed E-state index contributed by atoms with van der Waals surface area (Å²) < 4.78 is 34.6. The highest BCUT2D eigenvalue weighted by Crippen LogP contribution is 2.39. The van der Waals surface area contributed by atoms with E-state index in [4.69, 9.17) is 27.9 Å². The molecule has 1 aromatic heterocycles. The molecule has 0 spiro atoms. The highest BCUT2D eigenvalue weighted by Gasteiger charge is 2.21. The van der Waals surface area contributed by atoms with Crippen molar-refractivity contribution in [3.63, 3.8) is 0 Å². The number of sulfonamides is 1. The van der Waals surface area contributed by atoms with Gasteiger partial charge in [-0.1, -0.05) is 53.5 Å². The molecule has 0 fully saturated rings. The normalized spacial score (nSPS) is 11.4. The summed E-state index contributed by atoms with van der Waals surface area (Å²) in [4.78, 5) is 24.9. The molecule has 0 aliphatic rings. The largest absolute Gasteiger partial charge is 0.507 e. The maximum Gasteiger partial charge on any atom is 0.349 e. The van der Waals surface area contributed by atoms with Crippen molar-refractivity contribution in [2.45, 2.75) is 11.3 Å². The number of halogens is 2. The van der Waals surface area contributed by atoms with Gasteiger partial charge < -0.3 is 9.84 Å². The third-order valence-electron chi connectivity index (χ3n) is 4.93. The smallest absolute Gasteiger partial charge is 0.349 e. The zero-order valence-electron chi connectivity index (χ0n) is 18.3. The lowest BCUT2D eigenvalue weighted by molar-refractivity contribution is 0.448. The fourth-order valence-electron chi connectivity index (χ4n) is 3.25. The van der Waals surface area contributed by atoms with Crippen molar-refractivity contribution in [3.05, 3.63) is 103 Å². The molecule has 4 aromatic rings. The number of hydrogen-bond donors (Lipinski definition) is 3. The Bertz CT molecular complexity index is 1620. The highest BCUT2D eigenvalue weighted by atomic mass is 35.5. The molecule has 3 N–H and O–H groups in total. The summed E-state index contributed by atoms with van der Waals surface area (Å²) in [5.41, 5.74) is -0.346. The predicted octanol–water partition coefficient (Wildman–Crippen LogP) is 3.25. The molecule has 0 saturated heterocycles. The first-order valence-electron chi connectivity index (χ1n) is 10.4. The summed E-state index contributed by atoms with van der Waals surface area (Å²) >= 11 is 12.6. The summed E-state index contributed by atoms with van der Waals surface area (Å²) in [5, 5.41) is 13.9. The van der Waals surface area contributed by atoms with Crippen LogP contribution in [0.1, 0.15) is 5.56 Å². The molecular weight excluding hydrogens is 531 g/mol. The Hall–Kier alpha value is -3.64. The molecule has 13 heteroatoms. The molecule has 0 radical (unpaired) electrons.